The fourth-order valence-corrected chi connectivity index (χ4v) is 3.43. The number of aryl methyl sites for hydroxylation is 1. The van der Waals surface area contributed by atoms with Crippen LogP contribution in [0, 0.1) is 6.92 Å². The molecule has 26 heavy (non-hydrogen) atoms. The van der Waals surface area contributed by atoms with Crippen molar-refractivity contribution >= 4 is 16.5 Å². The molecule has 3 aromatic rings. The molecule has 0 saturated carbocycles. The van der Waals surface area contributed by atoms with E-state index in [4.69, 9.17) is 5.73 Å². The average molecular weight is 348 g/mol. The quantitative estimate of drug-likeness (QED) is 0.650. The van der Waals surface area contributed by atoms with Gasteiger partial charge in [0.05, 0.1) is 0 Å². The molecular weight excluding hydrogens is 318 g/mol. The van der Waals surface area contributed by atoms with Gasteiger partial charge in [-0.2, -0.15) is 0 Å². The highest BCUT2D eigenvalue weighted by atomic mass is 15.1. The summed E-state index contributed by atoms with van der Waals surface area (Å²) in [6, 6.07) is 22.1. The molecule has 0 bridgehead atoms. The van der Waals surface area contributed by atoms with E-state index in [1.807, 2.05) is 0 Å². The first kappa shape index (κ1) is 18.4. The predicted molar refractivity (Wildman–Crippen MR) is 113 cm³/mol. The number of fused-ring (bicyclic) bond motifs is 1. The Morgan fingerprint density at radius 2 is 1.81 bits per heavy atom. The monoisotopic (exact) mass is 347 g/mol. The molecule has 0 heterocycles. The van der Waals surface area contributed by atoms with Crippen LogP contribution in [0.2, 0.25) is 0 Å². The molecule has 1 atom stereocenters. The first-order valence-corrected chi connectivity index (χ1v) is 9.31. The maximum atomic E-state index is 5.60. The van der Waals surface area contributed by atoms with Crippen molar-refractivity contribution in [1.82, 2.24) is 4.90 Å². The van der Waals surface area contributed by atoms with Gasteiger partial charge >= 0.3 is 0 Å². The largest absolute Gasteiger partial charge is 0.384 e. The zero-order valence-electron chi connectivity index (χ0n) is 16.0. The lowest BCUT2D eigenvalue weighted by molar-refractivity contribution is 0.254. The summed E-state index contributed by atoms with van der Waals surface area (Å²) in [5, 5.41) is 6.01. The van der Waals surface area contributed by atoms with Crippen LogP contribution in [-0.2, 0) is 6.54 Å². The van der Waals surface area contributed by atoms with Gasteiger partial charge in [-0.15, -0.1) is 0 Å². The molecule has 0 aliphatic rings. The van der Waals surface area contributed by atoms with Gasteiger partial charge in [-0.3, -0.25) is 4.90 Å². The number of hydrogen-bond acceptors (Lipinski definition) is 3. The van der Waals surface area contributed by atoms with Crippen molar-refractivity contribution in [2.45, 2.75) is 26.4 Å². The first-order valence-electron chi connectivity index (χ1n) is 9.31. The summed E-state index contributed by atoms with van der Waals surface area (Å²) in [6.45, 7) is 6.81. The van der Waals surface area contributed by atoms with Gasteiger partial charge in [0.1, 0.15) is 0 Å². The Balaban J connectivity index is 1.82. The lowest BCUT2D eigenvalue weighted by atomic mass is 9.98. The van der Waals surface area contributed by atoms with E-state index in [-0.39, 0.29) is 0 Å². The van der Waals surface area contributed by atoms with Crippen molar-refractivity contribution in [3.8, 4) is 0 Å². The van der Waals surface area contributed by atoms with Crippen LogP contribution < -0.4 is 11.1 Å². The van der Waals surface area contributed by atoms with Crippen molar-refractivity contribution in [3.05, 3.63) is 77.4 Å². The van der Waals surface area contributed by atoms with Gasteiger partial charge in [0, 0.05) is 31.4 Å². The van der Waals surface area contributed by atoms with Crippen molar-refractivity contribution in [2.24, 2.45) is 5.73 Å². The fourth-order valence-electron chi connectivity index (χ4n) is 3.43. The van der Waals surface area contributed by atoms with E-state index in [9.17, 15) is 0 Å². The number of nitrogens with two attached hydrogens (primary N) is 1. The Labute approximate surface area is 156 Å². The fraction of sp³-hybridized carbons (Fsp3) is 0.304. The minimum atomic E-state index is 0.334. The molecule has 3 aromatic carbocycles. The second-order valence-electron chi connectivity index (χ2n) is 7.02. The minimum Gasteiger partial charge on any atom is -0.384 e. The third-order valence-corrected chi connectivity index (χ3v) is 5.18. The lowest BCUT2D eigenvalue weighted by Gasteiger charge is -2.27. The molecule has 0 aliphatic heterocycles. The smallest absolute Gasteiger partial charge is 0.0344 e. The number of anilines is 1. The zero-order valence-corrected chi connectivity index (χ0v) is 16.0. The van der Waals surface area contributed by atoms with Crippen LogP contribution in [0.5, 0.6) is 0 Å². The van der Waals surface area contributed by atoms with Crippen molar-refractivity contribution in [1.29, 1.82) is 0 Å². The van der Waals surface area contributed by atoms with Gasteiger partial charge < -0.3 is 11.1 Å². The van der Waals surface area contributed by atoms with Crippen LogP contribution in [0.4, 0.5) is 5.69 Å². The molecule has 3 heteroatoms. The summed E-state index contributed by atoms with van der Waals surface area (Å²) in [7, 11) is 2.20. The van der Waals surface area contributed by atoms with Crippen LogP contribution in [0.1, 0.15) is 29.7 Å². The van der Waals surface area contributed by atoms with Crippen LogP contribution in [0.25, 0.3) is 10.8 Å². The summed E-state index contributed by atoms with van der Waals surface area (Å²) >= 11 is 0. The van der Waals surface area contributed by atoms with Crippen LogP contribution in [0.3, 0.4) is 0 Å². The number of hydrogen-bond donors (Lipinski definition) is 2. The lowest BCUT2D eigenvalue weighted by Crippen LogP contribution is -2.22. The molecule has 3 rings (SSSR count). The number of nitrogens with one attached hydrogen (secondary N) is 1. The van der Waals surface area contributed by atoms with Gasteiger partial charge in [-0.1, -0.05) is 48.5 Å². The van der Waals surface area contributed by atoms with E-state index in [2.05, 4.69) is 91.8 Å². The van der Waals surface area contributed by atoms with E-state index in [0.717, 1.165) is 18.8 Å². The number of nitrogens with zero attached hydrogens (tertiary/aromatic N) is 1. The second kappa shape index (κ2) is 8.35. The summed E-state index contributed by atoms with van der Waals surface area (Å²) in [6.07, 6.45) is 0. The van der Waals surface area contributed by atoms with E-state index in [1.165, 1.54) is 27.5 Å². The third-order valence-electron chi connectivity index (χ3n) is 5.18. The standard InChI is InChI=1S/C23H29N3/c1-17-11-12-21(25-14-13-24)15-20(17)16-26(3)18(2)22-10-6-8-19-7-4-5-9-23(19)22/h4-12,15,18,25H,13-14,16,24H2,1-3H3/t18-/m1/s1. The highest BCUT2D eigenvalue weighted by molar-refractivity contribution is 5.86. The summed E-state index contributed by atoms with van der Waals surface area (Å²) in [5.41, 5.74) is 10.8. The maximum Gasteiger partial charge on any atom is 0.0344 e. The Morgan fingerprint density at radius 3 is 2.62 bits per heavy atom. The van der Waals surface area contributed by atoms with Crippen LogP contribution in [0.15, 0.2) is 60.7 Å². The average Bonchev–Trinajstić information content (AvgIpc) is 2.67. The Kier molecular flexibility index (Phi) is 5.92. The molecule has 0 aromatic heterocycles. The van der Waals surface area contributed by atoms with Crippen molar-refractivity contribution in [3.63, 3.8) is 0 Å². The van der Waals surface area contributed by atoms with Gasteiger partial charge in [-0.25, -0.2) is 0 Å². The van der Waals surface area contributed by atoms with Crippen LogP contribution in [-0.4, -0.2) is 25.0 Å². The number of benzene rings is 3. The Hall–Kier alpha value is -2.36. The Bertz CT molecular complexity index is 867. The zero-order chi connectivity index (χ0) is 18.5. The number of rotatable bonds is 7. The molecule has 0 aliphatic carbocycles. The van der Waals surface area contributed by atoms with E-state index in [0.29, 0.717) is 12.6 Å². The molecule has 0 saturated heterocycles. The molecule has 136 valence electrons. The SMILES string of the molecule is Cc1ccc(NCCN)cc1CN(C)[C@H](C)c1cccc2ccccc12. The molecule has 0 radical (unpaired) electrons. The van der Waals surface area contributed by atoms with Crippen molar-refractivity contribution in [2.75, 3.05) is 25.5 Å². The summed E-state index contributed by atoms with van der Waals surface area (Å²) in [5.74, 6) is 0. The molecular formula is C23H29N3. The van der Waals surface area contributed by atoms with Gasteiger partial charge in [0.25, 0.3) is 0 Å². The predicted octanol–water partition coefficient (Wildman–Crippen LogP) is 4.71. The molecule has 0 unspecified atom stereocenters. The molecule has 3 N–H and O–H groups in total. The second-order valence-corrected chi connectivity index (χ2v) is 7.02. The molecule has 0 amide bonds. The maximum absolute atomic E-state index is 5.60. The van der Waals surface area contributed by atoms with E-state index < -0.39 is 0 Å². The van der Waals surface area contributed by atoms with Gasteiger partial charge in [0.15, 0.2) is 0 Å². The molecule has 3 nitrogen and oxygen atoms in total. The highest BCUT2D eigenvalue weighted by Crippen LogP contribution is 2.29. The van der Waals surface area contributed by atoms with E-state index >= 15 is 0 Å². The van der Waals surface area contributed by atoms with Crippen molar-refractivity contribution < 1.29 is 0 Å². The topological polar surface area (TPSA) is 41.3 Å². The van der Waals surface area contributed by atoms with Gasteiger partial charge in [0.2, 0.25) is 0 Å². The molecule has 0 fully saturated rings. The minimum absolute atomic E-state index is 0.334. The van der Waals surface area contributed by atoms with E-state index in [1.54, 1.807) is 0 Å². The summed E-state index contributed by atoms with van der Waals surface area (Å²) in [4.78, 5) is 2.41. The summed E-state index contributed by atoms with van der Waals surface area (Å²) < 4.78 is 0. The normalized spacial score (nSPS) is 12.5. The van der Waals surface area contributed by atoms with Crippen LogP contribution >= 0.6 is 0 Å². The molecule has 0 spiro atoms. The first-order chi connectivity index (χ1) is 12.6. The highest BCUT2D eigenvalue weighted by Gasteiger charge is 2.15. The van der Waals surface area contributed by atoms with Gasteiger partial charge in [-0.05, 0) is 60.5 Å². The third kappa shape index (κ3) is 4.06. The Morgan fingerprint density at radius 1 is 1.04 bits per heavy atom.